The van der Waals surface area contributed by atoms with Crippen LogP contribution < -0.4 is 0 Å². The van der Waals surface area contributed by atoms with Crippen molar-refractivity contribution in [2.75, 3.05) is 13.1 Å². The van der Waals surface area contributed by atoms with Gasteiger partial charge in [-0.15, -0.1) is 0 Å². The Morgan fingerprint density at radius 2 is 1.87 bits per heavy atom. The molecule has 4 nitrogen and oxygen atoms in total. The summed E-state index contributed by atoms with van der Waals surface area (Å²) in [5.41, 5.74) is 0. The molecule has 0 saturated carbocycles. The number of hydrogen-bond donors (Lipinski definition) is 1. The maximum absolute atomic E-state index is 11.6. The van der Waals surface area contributed by atoms with Crippen LogP contribution in [0.2, 0.25) is 0 Å². The Kier molecular flexibility index (Phi) is 4.12. The van der Waals surface area contributed by atoms with Crippen LogP contribution in [0.1, 0.15) is 33.1 Å². The van der Waals surface area contributed by atoms with Gasteiger partial charge in [-0.2, -0.15) is 0 Å². The number of nitrogens with zero attached hydrogens (tertiary/aromatic N) is 1. The zero-order chi connectivity index (χ0) is 11.4. The Hall–Kier alpha value is -1.06. The van der Waals surface area contributed by atoms with Crippen molar-refractivity contribution < 1.29 is 14.7 Å². The van der Waals surface area contributed by atoms with Gasteiger partial charge in [0.15, 0.2) is 0 Å². The van der Waals surface area contributed by atoms with Crippen molar-refractivity contribution in [3.8, 4) is 0 Å². The summed E-state index contributed by atoms with van der Waals surface area (Å²) in [5, 5.41) is 8.65. The lowest BCUT2D eigenvalue weighted by molar-refractivity contribution is -0.139. The third-order valence-electron chi connectivity index (χ3n) is 2.88. The molecule has 0 aromatic rings. The largest absolute Gasteiger partial charge is 0.481 e. The topological polar surface area (TPSA) is 57.6 Å². The van der Waals surface area contributed by atoms with Gasteiger partial charge in [0.25, 0.3) is 0 Å². The molecular weight excluding hydrogens is 194 g/mol. The number of amides is 1. The number of likely N-dealkylation sites (tertiary alicyclic amines) is 1. The highest BCUT2D eigenvalue weighted by atomic mass is 16.4. The van der Waals surface area contributed by atoms with Gasteiger partial charge in [-0.1, -0.05) is 13.8 Å². The van der Waals surface area contributed by atoms with E-state index in [0.29, 0.717) is 0 Å². The van der Waals surface area contributed by atoms with E-state index in [0.717, 1.165) is 25.9 Å². The quantitative estimate of drug-likeness (QED) is 0.770. The molecule has 1 amide bonds. The first kappa shape index (κ1) is 12.0. The van der Waals surface area contributed by atoms with Crippen LogP contribution in [0.3, 0.4) is 0 Å². The number of carboxylic acids is 1. The maximum Gasteiger partial charge on any atom is 0.303 e. The number of piperidine rings is 1. The Labute approximate surface area is 90.3 Å². The molecule has 1 aliphatic heterocycles. The van der Waals surface area contributed by atoms with E-state index in [1.165, 1.54) is 0 Å². The van der Waals surface area contributed by atoms with Gasteiger partial charge < -0.3 is 10.0 Å². The van der Waals surface area contributed by atoms with E-state index in [9.17, 15) is 9.59 Å². The summed E-state index contributed by atoms with van der Waals surface area (Å²) < 4.78 is 0. The Morgan fingerprint density at radius 1 is 1.33 bits per heavy atom. The summed E-state index contributed by atoms with van der Waals surface area (Å²) in [5.74, 6) is -0.257. The molecule has 1 saturated heterocycles. The van der Waals surface area contributed by atoms with Crippen LogP contribution in [-0.2, 0) is 9.59 Å². The van der Waals surface area contributed by atoms with Gasteiger partial charge in [-0.3, -0.25) is 9.59 Å². The maximum atomic E-state index is 11.6. The minimum atomic E-state index is -0.733. The number of aliphatic carboxylic acids is 1. The second-order valence-corrected chi connectivity index (χ2v) is 4.52. The van der Waals surface area contributed by atoms with E-state index in [4.69, 9.17) is 5.11 Å². The number of carbonyl (C=O) groups is 2. The SMILES string of the molecule is CC(C)C(=O)N1CCC(CC(=O)O)CC1. The molecule has 1 aliphatic rings. The fraction of sp³-hybridized carbons (Fsp3) is 0.818. The first-order chi connectivity index (χ1) is 7.00. The molecule has 0 atom stereocenters. The van der Waals surface area contributed by atoms with Crippen molar-refractivity contribution in [3.63, 3.8) is 0 Å². The molecule has 1 N–H and O–H groups in total. The van der Waals surface area contributed by atoms with E-state index in [1.807, 2.05) is 18.7 Å². The highest BCUT2D eigenvalue weighted by Crippen LogP contribution is 2.21. The van der Waals surface area contributed by atoms with E-state index < -0.39 is 5.97 Å². The van der Waals surface area contributed by atoms with Crippen LogP contribution in [0.5, 0.6) is 0 Å². The van der Waals surface area contributed by atoms with E-state index in [-0.39, 0.29) is 24.2 Å². The summed E-state index contributed by atoms with van der Waals surface area (Å²) in [7, 11) is 0. The molecule has 0 radical (unpaired) electrons. The van der Waals surface area contributed by atoms with E-state index in [1.54, 1.807) is 0 Å². The molecule has 1 fully saturated rings. The fourth-order valence-electron chi connectivity index (χ4n) is 1.97. The first-order valence-electron chi connectivity index (χ1n) is 5.51. The molecule has 4 heteroatoms. The summed E-state index contributed by atoms with van der Waals surface area (Å²) in [6.45, 7) is 5.22. The summed E-state index contributed by atoms with van der Waals surface area (Å²) in [4.78, 5) is 24.0. The van der Waals surface area contributed by atoms with Gasteiger partial charge in [-0.25, -0.2) is 0 Å². The van der Waals surface area contributed by atoms with Crippen LogP contribution in [0.15, 0.2) is 0 Å². The lowest BCUT2D eigenvalue weighted by Gasteiger charge is -2.32. The molecule has 86 valence electrons. The summed E-state index contributed by atoms with van der Waals surface area (Å²) in [6, 6.07) is 0. The second-order valence-electron chi connectivity index (χ2n) is 4.52. The smallest absolute Gasteiger partial charge is 0.303 e. The fourth-order valence-corrected chi connectivity index (χ4v) is 1.97. The normalized spacial score (nSPS) is 18.2. The van der Waals surface area contributed by atoms with Gasteiger partial charge in [0.05, 0.1) is 0 Å². The number of carboxylic acid groups (broad SMARTS) is 1. The third-order valence-corrected chi connectivity index (χ3v) is 2.88. The standard InChI is InChI=1S/C11H19NO3/c1-8(2)11(15)12-5-3-9(4-6-12)7-10(13)14/h8-9H,3-7H2,1-2H3,(H,13,14). The molecule has 0 aromatic carbocycles. The predicted molar refractivity (Wildman–Crippen MR) is 56.4 cm³/mol. The highest BCUT2D eigenvalue weighted by molar-refractivity contribution is 5.78. The molecule has 0 unspecified atom stereocenters. The van der Waals surface area contributed by atoms with E-state index in [2.05, 4.69) is 0 Å². The van der Waals surface area contributed by atoms with Gasteiger partial charge in [0.2, 0.25) is 5.91 Å². The van der Waals surface area contributed by atoms with Crippen LogP contribution >= 0.6 is 0 Å². The molecule has 0 bridgehead atoms. The number of hydrogen-bond acceptors (Lipinski definition) is 2. The van der Waals surface area contributed by atoms with Gasteiger partial charge in [-0.05, 0) is 18.8 Å². The van der Waals surface area contributed by atoms with E-state index >= 15 is 0 Å². The molecule has 0 aliphatic carbocycles. The van der Waals surface area contributed by atoms with Crippen LogP contribution in [-0.4, -0.2) is 35.0 Å². The minimum absolute atomic E-state index is 0.0426. The van der Waals surface area contributed by atoms with Crippen molar-refractivity contribution in [1.82, 2.24) is 4.90 Å². The lowest BCUT2D eigenvalue weighted by Crippen LogP contribution is -2.40. The van der Waals surface area contributed by atoms with Crippen molar-refractivity contribution >= 4 is 11.9 Å². The number of rotatable bonds is 3. The lowest BCUT2D eigenvalue weighted by atomic mass is 9.93. The Bertz CT molecular complexity index is 242. The Balaban J connectivity index is 2.35. The monoisotopic (exact) mass is 213 g/mol. The van der Waals surface area contributed by atoms with Crippen molar-refractivity contribution in [2.24, 2.45) is 11.8 Å². The van der Waals surface area contributed by atoms with Crippen molar-refractivity contribution in [1.29, 1.82) is 0 Å². The van der Waals surface area contributed by atoms with Crippen molar-refractivity contribution in [3.05, 3.63) is 0 Å². The molecular formula is C11H19NO3. The van der Waals surface area contributed by atoms with Gasteiger partial charge in [0.1, 0.15) is 0 Å². The average Bonchev–Trinajstić information content (AvgIpc) is 2.17. The third kappa shape index (κ3) is 3.53. The van der Waals surface area contributed by atoms with Crippen LogP contribution in [0.25, 0.3) is 0 Å². The molecule has 1 rings (SSSR count). The van der Waals surface area contributed by atoms with Crippen molar-refractivity contribution in [2.45, 2.75) is 33.1 Å². The predicted octanol–water partition coefficient (Wildman–Crippen LogP) is 1.36. The number of carbonyl (C=O) groups excluding carboxylic acids is 1. The van der Waals surface area contributed by atoms with Crippen LogP contribution in [0, 0.1) is 11.8 Å². The van der Waals surface area contributed by atoms with Crippen LogP contribution in [0.4, 0.5) is 0 Å². The molecule has 1 heterocycles. The van der Waals surface area contributed by atoms with Gasteiger partial charge in [0, 0.05) is 25.4 Å². The van der Waals surface area contributed by atoms with Gasteiger partial charge >= 0.3 is 5.97 Å². The summed E-state index contributed by atoms with van der Waals surface area (Å²) in [6.07, 6.45) is 1.89. The molecule has 0 aromatic heterocycles. The zero-order valence-corrected chi connectivity index (χ0v) is 9.40. The second kappa shape index (κ2) is 5.14. The zero-order valence-electron chi connectivity index (χ0n) is 9.40. The first-order valence-corrected chi connectivity index (χ1v) is 5.51. The molecule has 0 spiro atoms. The molecule has 15 heavy (non-hydrogen) atoms. The minimum Gasteiger partial charge on any atom is -0.481 e. The summed E-state index contributed by atoms with van der Waals surface area (Å²) >= 11 is 0. The Morgan fingerprint density at radius 3 is 2.27 bits per heavy atom. The highest BCUT2D eigenvalue weighted by Gasteiger charge is 2.25. The average molecular weight is 213 g/mol.